The summed E-state index contributed by atoms with van der Waals surface area (Å²) in [4.78, 5) is 26.8. The Morgan fingerprint density at radius 3 is 2.54 bits per heavy atom. The van der Waals surface area contributed by atoms with Gasteiger partial charge in [0.05, 0.1) is 12.1 Å². The van der Waals surface area contributed by atoms with Crippen LogP contribution < -0.4 is 0 Å². The Hall–Kier alpha value is -1.40. The number of esters is 1. The smallest absolute Gasteiger partial charge is 0.411 e. The minimum absolute atomic E-state index is 0.0431. The summed E-state index contributed by atoms with van der Waals surface area (Å²) in [6, 6.07) is 6.89. The summed E-state index contributed by atoms with van der Waals surface area (Å²) in [5, 5.41) is 0.703. The Balaban J connectivity index is 2.13. The van der Waals surface area contributed by atoms with Crippen LogP contribution in [0.1, 0.15) is 27.2 Å². The van der Waals surface area contributed by atoms with Crippen LogP contribution in [0, 0.1) is 0 Å². The van der Waals surface area contributed by atoms with Gasteiger partial charge in [-0.2, -0.15) is 0 Å². The summed E-state index contributed by atoms with van der Waals surface area (Å²) in [6.45, 7) is 5.79. The third kappa shape index (κ3) is 4.80. The lowest BCUT2D eigenvalue weighted by Crippen LogP contribution is -2.43. The summed E-state index contributed by atoms with van der Waals surface area (Å²) in [5.74, 6) is -0.428. The molecule has 1 heterocycles. The first kappa shape index (κ1) is 18.9. The Labute approximate surface area is 151 Å². The summed E-state index contributed by atoms with van der Waals surface area (Å²) in [7, 11) is 1.32. The molecule has 1 saturated heterocycles. The van der Waals surface area contributed by atoms with Crippen LogP contribution in [0.2, 0.25) is 5.02 Å². The van der Waals surface area contributed by atoms with Crippen molar-refractivity contribution in [2.45, 2.75) is 49.0 Å². The van der Waals surface area contributed by atoms with Crippen molar-refractivity contribution in [3.05, 3.63) is 29.3 Å². The Bertz CT molecular complexity index is 617. The lowest BCUT2D eigenvalue weighted by atomic mass is 10.2. The zero-order valence-electron chi connectivity index (χ0n) is 14.2. The summed E-state index contributed by atoms with van der Waals surface area (Å²) < 4.78 is 10.3. The zero-order valence-corrected chi connectivity index (χ0v) is 15.8. The van der Waals surface area contributed by atoms with E-state index in [-0.39, 0.29) is 5.25 Å². The van der Waals surface area contributed by atoms with E-state index in [1.165, 1.54) is 12.0 Å². The SMILES string of the molecule is COC(=O)[C@@H]1C[C@H](Sc2ccccc2Cl)CN1C(=O)OC(C)(C)C. The van der Waals surface area contributed by atoms with E-state index in [9.17, 15) is 9.59 Å². The number of hydrogen-bond donors (Lipinski definition) is 0. The molecule has 1 aliphatic rings. The quantitative estimate of drug-likeness (QED) is 0.752. The number of thioether (sulfide) groups is 1. The average Bonchev–Trinajstić information content (AvgIpc) is 2.91. The van der Waals surface area contributed by atoms with Gasteiger partial charge in [-0.15, -0.1) is 11.8 Å². The largest absolute Gasteiger partial charge is 0.467 e. The minimum Gasteiger partial charge on any atom is -0.467 e. The number of methoxy groups -OCH3 is 1. The molecule has 1 aliphatic heterocycles. The Kier molecular flexibility index (Phi) is 6.04. The van der Waals surface area contributed by atoms with Gasteiger partial charge in [0.25, 0.3) is 0 Å². The van der Waals surface area contributed by atoms with Gasteiger partial charge in [0.2, 0.25) is 0 Å². The number of halogens is 1. The molecular formula is C17H22ClNO4S. The second-order valence-electron chi connectivity index (χ2n) is 6.58. The number of hydrogen-bond acceptors (Lipinski definition) is 5. The molecule has 0 unspecified atom stereocenters. The monoisotopic (exact) mass is 371 g/mol. The van der Waals surface area contributed by atoms with Crippen molar-refractivity contribution in [3.8, 4) is 0 Å². The van der Waals surface area contributed by atoms with Crippen LogP contribution in [0.4, 0.5) is 4.79 Å². The van der Waals surface area contributed by atoms with Gasteiger partial charge in [-0.25, -0.2) is 9.59 Å². The number of carbonyl (C=O) groups is 2. The third-order valence-corrected chi connectivity index (χ3v) is 5.22. The van der Waals surface area contributed by atoms with Gasteiger partial charge < -0.3 is 9.47 Å². The van der Waals surface area contributed by atoms with Crippen molar-refractivity contribution in [1.29, 1.82) is 0 Å². The molecule has 2 atom stereocenters. The van der Waals surface area contributed by atoms with Crippen LogP contribution >= 0.6 is 23.4 Å². The van der Waals surface area contributed by atoms with Gasteiger partial charge in [0.1, 0.15) is 11.6 Å². The van der Waals surface area contributed by atoms with Crippen molar-refractivity contribution < 1.29 is 19.1 Å². The van der Waals surface area contributed by atoms with Gasteiger partial charge in [0.15, 0.2) is 0 Å². The fraction of sp³-hybridized carbons (Fsp3) is 0.529. The first-order chi connectivity index (χ1) is 11.2. The standard InChI is InChI=1S/C17H22ClNO4S/c1-17(2,3)23-16(21)19-10-11(9-13(19)15(20)22-4)24-14-8-6-5-7-12(14)18/h5-8,11,13H,9-10H2,1-4H3/t11-,13-/m0/s1. The number of amides is 1. The van der Waals surface area contributed by atoms with Crippen LogP contribution in [0.15, 0.2) is 29.2 Å². The molecule has 132 valence electrons. The minimum atomic E-state index is -0.634. The Morgan fingerprint density at radius 1 is 1.29 bits per heavy atom. The molecule has 24 heavy (non-hydrogen) atoms. The molecule has 1 aromatic carbocycles. The summed E-state index contributed by atoms with van der Waals surface area (Å²) >= 11 is 7.76. The maximum Gasteiger partial charge on any atom is 0.411 e. The van der Waals surface area contributed by atoms with E-state index in [1.54, 1.807) is 32.5 Å². The van der Waals surface area contributed by atoms with Crippen molar-refractivity contribution in [1.82, 2.24) is 4.90 Å². The molecule has 0 aromatic heterocycles. The maximum atomic E-state index is 12.4. The molecule has 2 rings (SSSR count). The average molecular weight is 372 g/mol. The predicted molar refractivity (Wildman–Crippen MR) is 94.5 cm³/mol. The second-order valence-corrected chi connectivity index (χ2v) is 8.33. The highest BCUT2D eigenvalue weighted by Gasteiger charge is 2.42. The number of rotatable bonds is 3. The number of benzene rings is 1. The van der Waals surface area contributed by atoms with E-state index in [1.807, 2.05) is 24.3 Å². The Morgan fingerprint density at radius 2 is 1.96 bits per heavy atom. The van der Waals surface area contributed by atoms with Crippen LogP contribution in [-0.2, 0) is 14.3 Å². The van der Waals surface area contributed by atoms with Gasteiger partial charge in [0, 0.05) is 16.7 Å². The predicted octanol–water partition coefficient (Wildman–Crippen LogP) is 3.98. The fourth-order valence-corrected chi connectivity index (χ4v) is 3.96. The van der Waals surface area contributed by atoms with E-state index < -0.39 is 23.7 Å². The highest BCUT2D eigenvalue weighted by Crippen LogP contribution is 2.37. The number of carbonyl (C=O) groups excluding carboxylic acids is 2. The molecule has 1 amide bonds. The molecule has 5 nitrogen and oxygen atoms in total. The second kappa shape index (κ2) is 7.66. The van der Waals surface area contributed by atoms with Crippen molar-refractivity contribution in [2.75, 3.05) is 13.7 Å². The molecule has 0 radical (unpaired) electrons. The van der Waals surface area contributed by atoms with Crippen LogP contribution in [0.3, 0.4) is 0 Å². The van der Waals surface area contributed by atoms with Crippen LogP contribution in [-0.4, -0.2) is 47.5 Å². The van der Waals surface area contributed by atoms with E-state index in [2.05, 4.69) is 0 Å². The van der Waals surface area contributed by atoms with E-state index in [0.717, 1.165) is 4.90 Å². The maximum absolute atomic E-state index is 12.4. The number of likely N-dealkylation sites (tertiary alicyclic amines) is 1. The highest BCUT2D eigenvalue weighted by molar-refractivity contribution is 8.00. The van der Waals surface area contributed by atoms with Gasteiger partial charge in [-0.05, 0) is 39.3 Å². The van der Waals surface area contributed by atoms with E-state index in [0.29, 0.717) is 18.0 Å². The van der Waals surface area contributed by atoms with E-state index in [4.69, 9.17) is 21.1 Å². The van der Waals surface area contributed by atoms with E-state index >= 15 is 0 Å². The fourth-order valence-electron chi connectivity index (χ4n) is 2.48. The topological polar surface area (TPSA) is 55.8 Å². The van der Waals surface area contributed by atoms with Gasteiger partial charge >= 0.3 is 12.1 Å². The third-order valence-electron chi connectivity index (χ3n) is 3.49. The normalized spacial score (nSPS) is 20.8. The van der Waals surface area contributed by atoms with Crippen molar-refractivity contribution >= 4 is 35.4 Å². The lowest BCUT2D eigenvalue weighted by molar-refractivity contribution is -0.145. The van der Waals surface area contributed by atoms with Gasteiger partial charge in [-0.1, -0.05) is 23.7 Å². The van der Waals surface area contributed by atoms with Crippen molar-refractivity contribution in [2.24, 2.45) is 0 Å². The van der Waals surface area contributed by atoms with Crippen molar-refractivity contribution in [3.63, 3.8) is 0 Å². The van der Waals surface area contributed by atoms with Gasteiger partial charge in [-0.3, -0.25) is 4.90 Å². The molecule has 0 aliphatic carbocycles. The first-order valence-corrected chi connectivity index (χ1v) is 8.95. The molecule has 1 aromatic rings. The lowest BCUT2D eigenvalue weighted by Gasteiger charge is -2.27. The molecule has 7 heteroatoms. The summed E-state index contributed by atoms with van der Waals surface area (Å²) in [5.41, 5.74) is -0.619. The molecule has 0 N–H and O–H groups in total. The first-order valence-electron chi connectivity index (χ1n) is 7.70. The number of nitrogens with zero attached hydrogens (tertiary/aromatic N) is 1. The molecule has 0 bridgehead atoms. The molecule has 0 saturated carbocycles. The number of ether oxygens (including phenoxy) is 2. The van der Waals surface area contributed by atoms with Crippen LogP contribution in [0.5, 0.6) is 0 Å². The summed E-state index contributed by atoms with van der Waals surface area (Å²) in [6.07, 6.45) is 0.00194. The zero-order chi connectivity index (χ0) is 17.9. The highest BCUT2D eigenvalue weighted by atomic mass is 35.5. The molecule has 0 spiro atoms. The molecular weight excluding hydrogens is 350 g/mol. The van der Waals surface area contributed by atoms with Crippen LogP contribution in [0.25, 0.3) is 0 Å². The molecule has 1 fully saturated rings.